The maximum absolute atomic E-state index is 11.1. The van der Waals surface area contributed by atoms with E-state index in [4.69, 9.17) is 0 Å². The first kappa shape index (κ1) is 12.7. The molecule has 0 spiro atoms. The van der Waals surface area contributed by atoms with Gasteiger partial charge in [0, 0.05) is 35.8 Å². The lowest BCUT2D eigenvalue weighted by Gasteiger charge is -2.12. The highest BCUT2D eigenvalue weighted by molar-refractivity contribution is 8.15. The molecule has 1 N–H and O–H groups in total. The lowest BCUT2D eigenvalue weighted by molar-refractivity contribution is -0.118. The van der Waals surface area contributed by atoms with Crippen LogP contribution in [-0.4, -0.2) is 21.3 Å². The van der Waals surface area contributed by atoms with E-state index in [1.165, 1.54) is 23.9 Å². The van der Waals surface area contributed by atoms with Crippen LogP contribution < -0.4 is 10.9 Å². The number of pyridine rings is 1. The normalized spacial score (nSPS) is 14.6. The van der Waals surface area contributed by atoms with Crippen molar-refractivity contribution in [3.63, 3.8) is 0 Å². The first-order valence-corrected chi connectivity index (χ1v) is 6.99. The maximum Gasteiger partial charge on any atom is 0.250 e. The molecule has 5 nitrogen and oxygen atoms in total. The number of benzene rings is 1. The topological polar surface area (TPSA) is 63.5 Å². The minimum atomic E-state index is -0.0800. The third kappa shape index (κ3) is 2.65. The molecule has 3 rings (SSSR count). The first-order chi connectivity index (χ1) is 9.72. The summed E-state index contributed by atoms with van der Waals surface area (Å²) in [7, 11) is 0. The number of rotatable bonds is 2. The van der Waals surface area contributed by atoms with E-state index in [1.54, 1.807) is 12.4 Å². The smallest absolute Gasteiger partial charge is 0.250 e. The molecular weight excluding hydrogens is 274 g/mol. The molecule has 0 atom stereocenters. The van der Waals surface area contributed by atoms with Crippen LogP contribution in [0.15, 0.2) is 58.7 Å². The molecule has 2 aromatic rings. The highest BCUT2D eigenvalue weighted by atomic mass is 32.2. The zero-order chi connectivity index (χ0) is 13.9. The average Bonchev–Trinajstić information content (AvgIpc) is 2.49. The Bertz CT molecular complexity index is 714. The van der Waals surface area contributed by atoms with E-state index in [1.807, 2.05) is 28.8 Å². The Labute approximate surface area is 119 Å². The summed E-state index contributed by atoms with van der Waals surface area (Å²) in [4.78, 5) is 22.1. The minimum absolute atomic E-state index is 0.0124. The summed E-state index contributed by atoms with van der Waals surface area (Å²) in [5.74, 6) is 0.309. The number of aromatic nitrogens is 1. The van der Waals surface area contributed by atoms with Crippen molar-refractivity contribution in [1.29, 1.82) is 0 Å². The fraction of sp³-hybridized carbons (Fsp3) is 0.0714. The second-order valence-electron chi connectivity index (χ2n) is 4.23. The molecule has 1 aromatic heterocycles. The van der Waals surface area contributed by atoms with Gasteiger partial charge >= 0.3 is 0 Å². The van der Waals surface area contributed by atoms with E-state index in [0.29, 0.717) is 5.75 Å². The third-order valence-electron chi connectivity index (χ3n) is 2.83. The number of hydrazone groups is 1. The van der Waals surface area contributed by atoms with Gasteiger partial charge < -0.3 is 4.57 Å². The van der Waals surface area contributed by atoms with Gasteiger partial charge in [-0.15, -0.1) is 0 Å². The fourth-order valence-electron chi connectivity index (χ4n) is 1.82. The number of nitrogens with zero attached hydrogens (tertiary/aromatic N) is 2. The summed E-state index contributed by atoms with van der Waals surface area (Å²) in [5, 5.41) is 4.83. The third-order valence-corrected chi connectivity index (χ3v) is 3.84. The van der Waals surface area contributed by atoms with E-state index in [-0.39, 0.29) is 11.3 Å². The van der Waals surface area contributed by atoms with Crippen molar-refractivity contribution >= 4 is 22.7 Å². The van der Waals surface area contributed by atoms with Gasteiger partial charge in [-0.05, 0) is 12.1 Å². The summed E-state index contributed by atoms with van der Waals surface area (Å²) in [6.07, 6.45) is 3.45. The van der Waals surface area contributed by atoms with Crippen LogP contribution >= 0.6 is 11.8 Å². The highest BCUT2D eigenvalue weighted by Gasteiger charge is 2.13. The largest absolute Gasteiger partial charge is 0.324 e. The van der Waals surface area contributed by atoms with Gasteiger partial charge in [-0.25, -0.2) is 5.43 Å². The molecule has 0 saturated heterocycles. The monoisotopic (exact) mass is 285 g/mol. The van der Waals surface area contributed by atoms with Crippen LogP contribution in [0.3, 0.4) is 0 Å². The summed E-state index contributed by atoms with van der Waals surface area (Å²) >= 11 is 1.42. The lowest BCUT2D eigenvalue weighted by Crippen LogP contribution is -2.26. The molecule has 1 aromatic carbocycles. The van der Waals surface area contributed by atoms with Crippen molar-refractivity contribution in [3.8, 4) is 5.69 Å². The maximum atomic E-state index is 11.1. The van der Waals surface area contributed by atoms with Crippen LogP contribution in [0.1, 0.15) is 5.56 Å². The van der Waals surface area contributed by atoms with E-state index in [2.05, 4.69) is 10.5 Å². The molecule has 1 aliphatic rings. The van der Waals surface area contributed by atoms with Gasteiger partial charge in [-0.1, -0.05) is 23.9 Å². The number of hydrogen-bond donors (Lipinski definition) is 1. The van der Waals surface area contributed by atoms with Gasteiger partial charge in [0.1, 0.15) is 5.04 Å². The van der Waals surface area contributed by atoms with Crippen LogP contribution in [0.5, 0.6) is 0 Å². The SMILES string of the molecule is O=C1CSC(c2ccc(-n3ccc(=O)cc3)cc2)=NN1. The summed E-state index contributed by atoms with van der Waals surface area (Å²) in [5.41, 5.74) is 4.37. The van der Waals surface area contributed by atoms with Crippen molar-refractivity contribution in [3.05, 3.63) is 64.6 Å². The van der Waals surface area contributed by atoms with E-state index in [9.17, 15) is 9.59 Å². The molecule has 0 unspecified atom stereocenters. The molecule has 0 bridgehead atoms. The number of carbonyl (C=O) groups is 1. The second kappa shape index (κ2) is 5.34. The molecule has 1 amide bonds. The second-order valence-corrected chi connectivity index (χ2v) is 5.19. The Kier molecular flexibility index (Phi) is 3.39. The lowest BCUT2D eigenvalue weighted by atomic mass is 10.2. The van der Waals surface area contributed by atoms with Gasteiger partial charge in [-0.3, -0.25) is 9.59 Å². The van der Waals surface area contributed by atoms with Gasteiger partial charge in [0.25, 0.3) is 5.91 Å². The Balaban J connectivity index is 1.86. The molecule has 6 heteroatoms. The predicted octanol–water partition coefficient (Wildman–Crippen LogP) is 1.36. The molecule has 0 radical (unpaired) electrons. The highest BCUT2D eigenvalue weighted by Crippen LogP contribution is 2.17. The van der Waals surface area contributed by atoms with E-state index < -0.39 is 0 Å². The first-order valence-electron chi connectivity index (χ1n) is 6.01. The molecule has 1 aliphatic heterocycles. The zero-order valence-electron chi connectivity index (χ0n) is 10.4. The minimum Gasteiger partial charge on any atom is -0.324 e. The Morgan fingerprint density at radius 2 is 1.75 bits per heavy atom. The van der Waals surface area contributed by atoms with Crippen molar-refractivity contribution < 1.29 is 4.79 Å². The molecule has 2 heterocycles. The number of nitrogens with one attached hydrogen (secondary N) is 1. The summed E-state index contributed by atoms with van der Waals surface area (Å²) in [6.45, 7) is 0. The summed E-state index contributed by atoms with van der Waals surface area (Å²) in [6, 6.07) is 10.8. The Hall–Kier alpha value is -2.34. The standard InChI is InChI=1S/C14H11N3O2S/c18-12-5-7-17(8-6-12)11-3-1-10(2-4-11)14-16-15-13(19)9-20-14/h1-8H,9H2,(H,15,19). The molecule has 0 fully saturated rings. The number of hydrogen-bond acceptors (Lipinski definition) is 4. The van der Waals surface area contributed by atoms with Gasteiger partial charge in [-0.2, -0.15) is 5.10 Å². The quantitative estimate of drug-likeness (QED) is 0.906. The molecule has 20 heavy (non-hydrogen) atoms. The average molecular weight is 285 g/mol. The van der Waals surface area contributed by atoms with E-state index in [0.717, 1.165) is 16.3 Å². The van der Waals surface area contributed by atoms with Crippen molar-refractivity contribution in [2.75, 3.05) is 5.75 Å². The van der Waals surface area contributed by atoms with Crippen LogP contribution in [0, 0.1) is 0 Å². The van der Waals surface area contributed by atoms with Gasteiger partial charge in [0.15, 0.2) is 5.43 Å². The van der Waals surface area contributed by atoms with Crippen molar-refractivity contribution in [2.45, 2.75) is 0 Å². The van der Waals surface area contributed by atoms with Crippen molar-refractivity contribution in [1.82, 2.24) is 9.99 Å². The van der Waals surface area contributed by atoms with Gasteiger partial charge in [0.2, 0.25) is 0 Å². The van der Waals surface area contributed by atoms with Crippen LogP contribution in [0.2, 0.25) is 0 Å². The van der Waals surface area contributed by atoms with Crippen molar-refractivity contribution in [2.24, 2.45) is 5.10 Å². The molecule has 0 aliphatic carbocycles. The summed E-state index contributed by atoms with van der Waals surface area (Å²) < 4.78 is 1.86. The van der Waals surface area contributed by atoms with Crippen LogP contribution in [-0.2, 0) is 4.79 Å². The molecular formula is C14H11N3O2S. The molecule has 0 saturated carbocycles. The predicted molar refractivity (Wildman–Crippen MR) is 79.2 cm³/mol. The van der Waals surface area contributed by atoms with Gasteiger partial charge in [0.05, 0.1) is 5.75 Å². The Morgan fingerprint density at radius 3 is 2.35 bits per heavy atom. The zero-order valence-corrected chi connectivity index (χ0v) is 11.3. The number of amides is 1. The number of thioether (sulfide) groups is 1. The van der Waals surface area contributed by atoms with Crippen LogP contribution in [0.4, 0.5) is 0 Å². The molecule has 100 valence electrons. The number of carbonyl (C=O) groups excluding carboxylic acids is 1. The van der Waals surface area contributed by atoms with Crippen LogP contribution in [0.25, 0.3) is 5.69 Å². The van der Waals surface area contributed by atoms with E-state index >= 15 is 0 Å². The Morgan fingerprint density at radius 1 is 1.05 bits per heavy atom. The fourth-order valence-corrected chi connectivity index (χ4v) is 2.57.